The number of hydrogen-bond acceptors (Lipinski definition) is 17. The molecule has 0 unspecified atom stereocenters. The summed E-state index contributed by atoms with van der Waals surface area (Å²) >= 11 is 0. The van der Waals surface area contributed by atoms with Crippen LogP contribution in [0.3, 0.4) is 0 Å². The molecule has 35 heavy (non-hydrogen) atoms. The first-order valence-electron chi connectivity index (χ1n) is 10.5. The second-order valence-electron chi connectivity index (χ2n) is 8.07. The Morgan fingerprint density at radius 3 is 1.66 bits per heavy atom. The number of ether oxygens (including phenoxy) is 3. The van der Waals surface area contributed by atoms with Crippen LogP contribution in [0.25, 0.3) is 0 Å². The molecule has 0 aliphatic carbocycles. The molecule has 0 aromatic rings. The fraction of sp³-hybridized carbons (Fsp3) is 1.00. The van der Waals surface area contributed by atoms with Crippen molar-refractivity contribution in [3.63, 3.8) is 0 Å². The van der Waals surface area contributed by atoms with E-state index in [4.69, 9.17) is 45.2 Å². The molecular formula is C18H36O17. The van der Waals surface area contributed by atoms with Crippen LogP contribution in [0.5, 0.6) is 0 Å². The molecule has 2 heterocycles. The van der Waals surface area contributed by atoms with Gasteiger partial charge >= 0.3 is 0 Å². The molecule has 210 valence electrons. The van der Waals surface area contributed by atoms with Crippen molar-refractivity contribution in [2.75, 3.05) is 33.0 Å². The van der Waals surface area contributed by atoms with Gasteiger partial charge in [0.15, 0.2) is 6.29 Å². The highest BCUT2D eigenvalue weighted by atomic mass is 16.7. The Kier molecular flexibility index (Phi) is 13.2. The van der Waals surface area contributed by atoms with Gasteiger partial charge in [-0.15, -0.1) is 0 Å². The Hall–Kier alpha value is -0.680. The summed E-state index contributed by atoms with van der Waals surface area (Å²) in [4.78, 5) is 0. The quantitative estimate of drug-likeness (QED) is 0.126. The zero-order chi connectivity index (χ0) is 27.1. The summed E-state index contributed by atoms with van der Waals surface area (Å²) in [6, 6.07) is 0. The van der Waals surface area contributed by atoms with Crippen LogP contribution >= 0.6 is 0 Å². The molecule has 0 aromatic carbocycles. The van der Waals surface area contributed by atoms with Crippen molar-refractivity contribution in [3.05, 3.63) is 0 Å². The van der Waals surface area contributed by atoms with Gasteiger partial charge in [-0.2, -0.15) is 0 Å². The lowest BCUT2D eigenvalue weighted by Gasteiger charge is -2.42. The van der Waals surface area contributed by atoms with Crippen LogP contribution in [-0.4, -0.2) is 184 Å². The summed E-state index contributed by atoms with van der Waals surface area (Å²) in [5.74, 6) is -2.16. The van der Waals surface area contributed by atoms with Gasteiger partial charge in [0.2, 0.25) is 5.79 Å². The second kappa shape index (κ2) is 14.3. The van der Waals surface area contributed by atoms with Crippen molar-refractivity contribution in [3.8, 4) is 0 Å². The third kappa shape index (κ3) is 7.66. The summed E-state index contributed by atoms with van der Waals surface area (Å²) in [5.41, 5.74) is 0. The first-order valence-corrected chi connectivity index (χ1v) is 10.5. The standard InChI is InChI=1S/C12H24O11.C6H12O6/c13-1-4(16)7(18)11(5(17)2-14)23-12-10(21)9(20)8(19)6(3-15)22-12;7-1-3-4(9)5(10)6(11,2-8)12-3/h4-21H,1-3H2;3-5,7-11H,1-2H2/t4-,5+,6+,7+,8-,9-,10+,11+,12-;3-,4-,5+,6-/m01/s1. The van der Waals surface area contributed by atoms with Crippen molar-refractivity contribution >= 4 is 0 Å². The first-order chi connectivity index (χ1) is 16.3. The molecule has 2 aliphatic rings. The highest BCUT2D eigenvalue weighted by Gasteiger charge is 2.52. The molecule has 2 aliphatic heterocycles. The van der Waals surface area contributed by atoms with E-state index in [1.807, 2.05) is 0 Å². The van der Waals surface area contributed by atoms with Crippen molar-refractivity contribution in [2.24, 2.45) is 0 Å². The lowest BCUT2D eigenvalue weighted by Crippen LogP contribution is -2.61. The Morgan fingerprint density at radius 2 is 1.26 bits per heavy atom. The highest BCUT2D eigenvalue weighted by Crippen LogP contribution is 2.28. The summed E-state index contributed by atoms with van der Waals surface area (Å²) in [6.45, 7) is -3.81. The maximum absolute atomic E-state index is 9.83. The van der Waals surface area contributed by atoms with Crippen LogP contribution in [0.4, 0.5) is 0 Å². The molecule has 2 fully saturated rings. The van der Waals surface area contributed by atoms with Crippen molar-refractivity contribution < 1.29 is 85.7 Å². The van der Waals surface area contributed by atoms with Crippen molar-refractivity contribution in [1.82, 2.24) is 0 Å². The normalized spacial score (nSPS) is 41.0. The SMILES string of the molecule is OC[C@@H](O)[C@@H](O[C@@H]1O[C@H](CO)[C@H](O)[C@H](O)[C@H]1O)[C@H](O)[C@@H](O)CO.OC[C@H]1O[C@](O)(CO)[C@@H](O)[C@@H]1O. The van der Waals surface area contributed by atoms with Gasteiger partial charge in [0.25, 0.3) is 0 Å². The third-order valence-corrected chi connectivity index (χ3v) is 5.55. The first kappa shape index (κ1) is 32.3. The topological polar surface area (TPSA) is 311 Å². The molecule has 0 amide bonds. The van der Waals surface area contributed by atoms with E-state index in [1.54, 1.807) is 0 Å². The van der Waals surface area contributed by atoms with Gasteiger partial charge in [-0.25, -0.2) is 0 Å². The van der Waals surface area contributed by atoms with Gasteiger partial charge in [-0.3, -0.25) is 0 Å². The highest BCUT2D eigenvalue weighted by molar-refractivity contribution is 4.95. The largest absolute Gasteiger partial charge is 0.394 e. The van der Waals surface area contributed by atoms with Gasteiger partial charge < -0.3 is 85.7 Å². The zero-order valence-corrected chi connectivity index (χ0v) is 18.4. The summed E-state index contributed by atoms with van der Waals surface area (Å²) in [5, 5.41) is 130. The minimum atomic E-state index is -2.16. The zero-order valence-electron chi connectivity index (χ0n) is 18.4. The van der Waals surface area contributed by atoms with Crippen molar-refractivity contribution in [1.29, 1.82) is 0 Å². The minimum Gasteiger partial charge on any atom is -0.394 e. The van der Waals surface area contributed by atoms with Gasteiger partial charge in [-0.05, 0) is 0 Å². The molecule has 0 saturated carbocycles. The van der Waals surface area contributed by atoms with E-state index < -0.39 is 112 Å². The predicted octanol–water partition coefficient (Wildman–Crippen LogP) is -8.98. The van der Waals surface area contributed by atoms with Crippen LogP contribution in [0.1, 0.15) is 0 Å². The van der Waals surface area contributed by atoms with Gasteiger partial charge in [-0.1, -0.05) is 0 Å². The maximum Gasteiger partial charge on any atom is 0.219 e. The lowest BCUT2D eigenvalue weighted by molar-refractivity contribution is -0.327. The van der Waals surface area contributed by atoms with Crippen LogP contribution in [0, 0.1) is 0 Å². The molecule has 14 N–H and O–H groups in total. The lowest BCUT2D eigenvalue weighted by atomic mass is 9.98. The van der Waals surface area contributed by atoms with Gasteiger partial charge in [0, 0.05) is 0 Å². The van der Waals surface area contributed by atoms with Crippen LogP contribution < -0.4 is 0 Å². The number of hydrogen-bond donors (Lipinski definition) is 14. The number of aliphatic hydroxyl groups is 14. The maximum atomic E-state index is 9.83. The fourth-order valence-corrected chi connectivity index (χ4v) is 3.31. The van der Waals surface area contributed by atoms with E-state index in [1.165, 1.54) is 0 Å². The van der Waals surface area contributed by atoms with Crippen LogP contribution in [0.2, 0.25) is 0 Å². The second-order valence-corrected chi connectivity index (χ2v) is 8.07. The fourth-order valence-electron chi connectivity index (χ4n) is 3.31. The Balaban J connectivity index is 0.000000427. The monoisotopic (exact) mass is 524 g/mol. The Bertz CT molecular complexity index is 597. The third-order valence-electron chi connectivity index (χ3n) is 5.55. The minimum absolute atomic E-state index is 0.527. The van der Waals surface area contributed by atoms with Gasteiger partial charge in [0.1, 0.15) is 67.1 Å². The Labute approximate surface area is 198 Å². The molecule has 0 spiro atoms. The number of aliphatic hydroxyl groups excluding tert-OH is 13. The molecule has 0 radical (unpaired) electrons. The Morgan fingerprint density at radius 1 is 0.714 bits per heavy atom. The molecular weight excluding hydrogens is 488 g/mol. The van der Waals surface area contributed by atoms with E-state index in [9.17, 15) is 35.7 Å². The average molecular weight is 524 g/mol. The van der Waals surface area contributed by atoms with Crippen LogP contribution in [0.15, 0.2) is 0 Å². The molecule has 2 saturated heterocycles. The summed E-state index contributed by atoms with van der Waals surface area (Å²) in [6.07, 6.45) is -19.1. The van der Waals surface area contributed by atoms with E-state index in [-0.39, 0.29) is 0 Å². The summed E-state index contributed by atoms with van der Waals surface area (Å²) < 4.78 is 14.8. The van der Waals surface area contributed by atoms with Crippen LogP contribution in [-0.2, 0) is 14.2 Å². The van der Waals surface area contributed by atoms with E-state index >= 15 is 0 Å². The van der Waals surface area contributed by atoms with Gasteiger partial charge in [0.05, 0.1) is 33.0 Å². The molecule has 0 bridgehead atoms. The van der Waals surface area contributed by atoms with E-state index in [0.717, 1.165) is 0 Å². The van der Waals surface area contributed by atoms with Crippen molar-refractivity contribution in [2.45, 2.75) is 79.2 Å². The smallest absolute Gasteiger partial charge is 0.219 e. The molecule has 13 atom stereocenters. The average Bonchev–Trinajstić information content (AvgIpc) is 3.09. The van der Waals surface area contributed by atoms with E-state index in [2.05, 4.69) is 4.74 Å². The molecule has 17 nitrogen and oxygen atoms in total. The number of rotatable bonds is 10. The molecule has 17 heteroatoms. The molecule has 2 rings (SSSR count). The molecule has 0 aromatic heterocycles. The predicted molar refractivity (Wildman–Crippen MR) is 107 cm³/mol. The summed E-state index contributed by atoms with van der Waals surface area (Å²) in [7, 11) is 0. The van der Waals surface area contributed by atoms with E-state index in [0.29, 0.717) is 0 Å².